The number of rotatable bonds is 3. The van der Waals surface area contributed by atoms with Gasteiger partial charge in [0.05, 0.1) is 10.8 Å². The lowest BCUT2D eigenvalue weighted by Crippen LogP contribution is -2.40. The van der Waals surface area contributed by atoms with Gasteiger partial charge in [0.2, 0.25) is 5.91 Å². The monoisotopic (exact) mass is 362 g/mol. The first-order valence-electron chi connectivity index (χ1n) is 8.23. The zero-order valence-corrected chi connectivity index (χ0v) is 15.4. The van der Waals surface area contributed by atoms with Gasteiger partial charge in [-0.15, -0.1) is 10.2 Å². The summed E-state index contributed by atoms with van der Waals surface area (Å²) in [5.74, 6) is 0.747. The van der Waals surface area contributed by atoms with Gasteiger partial charge in [-0.1, -0.05) is 39.0 Å². The molecule has 2 aromatic rings. The van der Waals surface area contributed by atoms with Crippen LogP contribution in [0.5, 0.6) is 0 Å². The molecule has 0 spiro atoms. The number of nitrogens with zero attached hydrogens (tertiary/aromatic N) is 3. The number of fused-ring (bicyclic) bond motifs is 1. The van der Waals surface area contributed by atoms with Crippen LogP contribution in [0.4, 0.5) is 0 Å². The lowest BCUT2D eigenvalue weighted by Gasteiger charge is -2.26. The van der Waals surface area contributed by atoms with Crippen LogP contribution in [0, 0.1) is 5.92 Å². The minimum absolute atomic E-state index is 0.0829. The number of hydrogen-bond donors (Lipinski definition) is 1. The number of nitrogens with one attached hydrogen (secondary N) is 1. The van der Waals surface area contributed by atoms with Crippen LogP contribution in [-0.4, -0.2) is 29.1 Å². The molecule has 25 heavy (non-hydrogen) atoms. The summed E-state index contributed by atoms with van der Waals surface area (Å²) in [7, 11) is -3.85. The maximum atomic E-state index is 12.5. The zero-order chi connectivity index (χ0) is 18.2. The second kappa shape index (κ2) is 6.25. The molecule has 2 heterocycles. The Morgan fingerprint density at radius 3 is 2.52 bits per heavy atom. The molecule has 0 bridgehead atoms. The second-order valence-electron chi connectivity index (χ2n) is 7.32. The Balaban J connectivity index is 1.78. The number of benzene rings is 1. The Labute approximate surface area is 147 Å². The molecule has 0 radical (unpaired) electrons. The molecule has 3 rings (SSSR count). The molecule has 0 aliphatic carbocycles. The van der Waals surface area contributed by atoms with Gasteiger partial charge in [0, 0.05) is 18.4 Å². The second-order valence-corrected chi connectivity index (χ2v) is 9.00. The SMILES string of the molecule is CC(C)(C)c1nnc2n1CC(C(=O)NS(=O)(=O)c1ccccc1)CC2. The molecule has 1 aromatic carbocycles. The van der Waals surface area contributed by atoms with E-state index >= 15 is 0 Å². The summed E-state index contributed by atoms with van der Waals surface area (Å²) in [6.45, 7) is 6.50. The normalized spacial score (nSPS) is 17.8. The predicted molar refractivity (Wildman–Crippen MR) is 92.3 cm³/mol. The van der Waals surface area contributed by atoms with Gasteiger partial charge in [0.1, 0.15) is 11.6 Å². The fourth-order valence-electron chi connectivity index (χ4n) is 2.97. The highest BCUT2D eigenvalue weighted by Crippen LogP contribution is 2.27. The number of sulfonamides is 1. The van der Waals surface area contributed by atoms with E-state index in [2.05, 4.69) is 14.9 Å². The molecule has 0 fully saturated rings. The van der Waals surface area contributed by atoms with Crippen LogP contribution in [0.25, 0.3) is 0 Å². The predicted octanol–water partition coefficient (Wildman–Crippen LogP) is 1.64. The fraction of sp³-hybridized carbons (Fsp3) is 0.471. The first-order valence-corrected chi connectivity index (χ1v) is 9.71. The number of carbonyl (C=O) groups excluding carboxylic acids is 1. The van der Waals surface area contributed by atoms with Gasteiger partial charge in [0.25, 0.3) is 10.0 Å². The van der Waals surface area contributed by atoms with Gasteiger partial charge in [-0.3, -0.25) is 4.79 Å². The van der Waals surface area contributed by atoms with E-state index in [1.807, 2.05) is 25.3 Å². The summed E-state index contributed by atoms with van der Waals surface area (Å²) in [6.07, 6.45) is 1.16. The molecule has 0 saturated carbocycles. The first-order chi connectivity index (χ1) is 11.7. The van der Waals surface area contributed by atoms with Gasteiger partial charge in [0.15, 0.2) is 0 Å². The molecule has 1 aromatic heterocycles. The van der Waals surface area contributed by atoms with Crippen molar-refractivity contribution in [1.82, 2.24) is 19.5 Å². The van der Waals surface area contributed by atoms with Crippen LogP contribution in [0.2, 0.25) is 0 Å². The van der Waals surface area contributed by atoms with Gasteiger partial charge < -0.3 is 4.57 Å². The Kier molecular flexibility index (Phi) is 4.40. The van der Waals surface area contributed by atoms with Crippen molar-refractivity contribution >= 4 is 15.9 Å². The van der Waals surface area contributed by atoms with E-state index in [9.17, 15) is 13.2 Å². The largest absolute Gasteiger partial charge is 0.314 e. The standard InChI is InChI=1S/C17H22N4O3S/c1-17(2,3)16-19-18-14-10-9-12(11-21(14)16)15(22)20-25(23,24)13-7-5-4-6-8-13/h4-8,12H,9-11H2,1-3H3,(H,20,22). The molecule has 0 saturated heterocycles. The number of hydrogen-bond acceptors (Lipinski definition) is 5. The van der Waals surface area contributed by atoms with Crippen LogP contribution >= 0.6 is 0 Å². The van der Waals surface area contributed by atoms with E-state index in [1.54, 1.807) is 18.2 Å². The fourth-order valence-corrected chi connectivity index (χ4v) is 4.04. The summed E-state index contributed by atoms with van der Waals surface area (Å²) in [4.78, 5) is 12.6. The first kappa shape index (κ1) is 17.6. The summed E-state index contributed by atoms with van der Waals surface area (Å²) in [6, 6.07) is 7.90. The van der Waals surface area contributed by atoms with Crippen molar-refractivity contribution in [3.63, 3.8) is 0 Å². The van der Waals surface area contributed by atoms with Crippen molar-refractivity contribution in [2.45, 2.75) is 50.5 Å². The third-order valence-corrected chi connectivity index (χ3v) is 5.64. The maximum absolute atomic E-state index is 12.5. The summed E-state index contributed by atoms with van der Waals surface area (Å²) in [5, 5.41) is 8.45. The Morgan fingerprint density at radius 1 is 1.20 bits per heavy atom. The van der Waals surface area contributed by atoms with Crippen molar-refractivity contribution in [1.29, 1.82) is 0 Å². The molecule has 1 aliphatic rings. The highest BCUT2D eigenvalue weighted by Gasteiger charge is 2.32. The number of amides is 1. The van der Waals surface area contributed by atoms with Gasteiger partial charge in [-0.05, 0) is 18.6 Å². The van der Waals surface area contributed by atoms with Crippen LogP contribution < -0.4 is 4.72 Å². The molecular formula is C17H22N4O3S. The van der Waals surface area contributed by atoms with Crippen molar-refractivity contribution in [3.05, 3.63) is 42.0 Å². The Hall–Kier alpha value is -2.22. The van der Waals surface area contributed by atoms with E-state index in [4.69, 9.17) is 0 Å². The molecular weight excluding hydrogens is 340 g/mol. The van der Waals surface area contributed by atoms with Crippen LogP contribution in [0.15, 0.2) is 35.2 Å². The van der Waals surface area contributed by atoms with Crippen molar-refractivity contribution in [2.24, 2.45) is 5.92 Å². The summed E-state index contributed by atoms with van der Waals surface area (Å²) < 4.78 is 28.8. The lowest BCUT2D eigenvalue weighted by molar-refractivity contribution is -0.124. The summed E-state index contributed by atoms with van der Waals surface area (Å²) >= 11 is 0. The van der Waals surface area contributed by atoms with Crippen LogP contribution in [0.3, 0.4) is 0 Å². The summed E-state index contributed by atoms with van der Waals surface area (Å²) in [5.41, 5.74) is -0.195. The van der Waals surface area contributed by atoms with Gasteiger partial charge in [-0.25, -0.2) is 13.1 Å². The zero-order valence-electron chi connectivity index (χ0n) is 14.6. The van der Waals surface area contributed by atoms with E-state index < -0.39 is 21.8 Å². The average Bonchev–Trinajstić information content (AvgIpc) is 2.98. The minimum atomic E-state index is -3.85. The molecule has 1 amide bonds. The van der Waals surface area contributed by atoms with Crippen molar-refractivity contribution in [2.75, 3.05) is 0 Å². The van der Waals surface area contributed by atoms with Gasteiger partial charge >= 0.3 is 0 Å². The lowest BCUT2D eigenvalue weighted by atomic mass is 9.93. The topological polar surface area (TPSA) is 93.9 Å². The molecule has 1 atom stereocenters. The smallest absolute Gasteiger partial charge is 0.264 e. The third kappa shape index (κ3) is 3.58. The van der Waals surface area contributed by atoms with E-state index in [0.717, 1.165) is 11.6 Å². The highest BCUT2D eigenvalue weighted by molar-refractivity contribution is 7.90. The molecule has 8 heteroatoms. The van der Waals surface area contributed by atoms with E-state index in [0.29, 0.717) is 19.4 Å². The quantitative estimate of drug-likeness (QED) is 0.896. The van der Waals surface area contributed by atoms with Crippen LogP contribution in [0.1, 0.15) is 38.8 Å². The van der Waals surface area contributed by atoms with E-state index in [1.165, 1.54) is 12.1 Å². The molecule has 1 aliphatic heterocycles. The molecule has 1 unspecified atom stereocenters. The van der Waals surface area contributed by atoms with E-state index in [-0.39, 0.29) is 10.3 Å². The average molecular weight is 362 g/mol. The van der Waals surface area contributed by atoms with Crippen molar-refractivity contribution < 1.29 is 13.2 Å². The number of aryl methyl sites for hydroxylation is 1. The molecule has 1 N–H and O–H groups in total. The molecule has 134 valence electrons. The number of carbonyl (C=O) groups is 1. The minimum Gasteiger partial charge on any atom is -0.314 e. The Bertz CT molecular complexity index is 882. The maximum Gasteiger partial charge on any atom is 0.264 e. The Morgan fingerprint density at radius 2 is 1.88 bits per heavy atom. The molecule has 7 nitrogen and oxygen atoms in total. The van der Waals surface area contributed by atoms with Gasteiger partial charge in [-0.2, -0.15) is 0 Å². The number of aromatic nitrogens is 3. The van der Waals surface area contributed by atoms with Crippen molar-refractivity contribution in [3.8, 4) is 0 Å². The van der Waals surface area contributed by atoms with Crippen LogP contribution in [-0.2, 0) is 33.2 Å². The highest BCUT2D eigenvalue weighted by atomic mass is 32.2. The third-order valence-electron chi connectivity index (χ3n) is 4.28.